The van der Waals surface area contributed by atoms with Crippen LogP contribution in [0.2, 0.25) is 0 Å². The lowest BCUT2D eigenvalue weighted by Crippen LogP contribution is -2.35. The van der Waals surface area contributed by atoms with Gasteiger partial charge in [0.15, 0.2) is 10.9 Å². The van der Waals surface area contributed by atoms with E-state index in [4.69, 9.17) is 9.72 Å². The number of ether oxygens (including phenoxy) is 1. The number of thiophene rings is 1. The third kappa shape index (κ3) is 4.57. The molecule has 6 rings (SSSR count). The van der Waals surface area contributed by atoms with E-state index in [-0.39, 0.29) is 29.0 Å². The maximum absolute atomic E-state index is 13.7. The first-order valence-electron chi connectivity index (χ1n) is 12.2. The lowest BCUT2D eigenvalue weighted by molar-refractivity contribution is 0.0737. The van der Waals surface area contributed by atoms with Crippen molar-refractivity contribution >= 4 is 45.0 Å². The van der Waals surface area contributed by atoms with E-state index in [1.165, 1.54) is 23.1 Å². The topological polar surface area (TPSA) is 81.5 Å². The first kappa shape index (κ1) is 23.9. The van der Waals surface area contributed by atoms with Crippen LogP contribution in [0.5, 0.6) is 5.75 Å². The van der Waals surface area contributed by atoms with E-state index in [9.17, 15) is 14.4 Å². The molecule has 3 heterocycles. The molecule has 1 fully saturated rings. The molecule has 4 aromatic rings. The van der Waals surface area contributed by atoms with Crippen LogP contribution in [0, 0.1) is 0 Å². The molecule has 0 radical (unpaired) electrons. The lowest BCUT2D eigenvalue weighted by atomic mass is 10.0. The quantitative estimate of drug-likeness (QED) is 0.190. The van der Waals surface area contributed by atoms with Crippen LogP contribution in [0.25, 0.3) is 10.2 Å². The number of thioether (sulfide) groups is 1. The van der Waals surface area contributed by atoms with Crippen molar-refractivity contribution in [2.24, 2.45) is 0 Å². The molecule has 0 N–H and O–H groups in total. The summed E-state index contributed by atoms with van der Waals surface area (Å²) in [7, 11) is 1.58. The first-order chi connectivity index (χ1) is 18.0. The van der Waals surface area contributed by atoms with E-state index in [0.717, 1.165) is 23.3 Å². The number of Topliss-reactive ketones (excluding diaryl/α,β-unsaturated/α-hetero) is 1. The summed E-state index contributed by atoms with van der Waals surface area (Å²) in [4.78, 5) is 48.0. The van der Waals surface area contributed by atoms with Crippen molar-refractivity contribution in [3.8, 4) is 5.75 Å². The molecular formula is C28H25N3O4S2. The van der Waals surface area contributed by atoms with Crippen LogP contribution in [0.4, 0.5) is 0 Å². The van der Waals surface area contributed by atoms with Gasteiger partial charge >= 0.3 is 0 Å². The average molecular weight is 532 g/mol. The fourth-order valence-corrected chi connectivity index (χ4v) is 6.98. The predicted octanol–water partition coefficient (Wildman–Crippen LogP) is 4.98. The van der Waals surface area contributed by atoms with Crippen LogP contribution in [0.3, 0.4) is 0 Å². The zero-order valence-corrected chi connectivity index (χ0v) is 21.9. The minimum atomic E-state index is -0.0546. The van der Waals surface area contributed by atoms with Gasteiger partial charge in [-0.1, -0.05) is 48.2 Å². The minimum Gasteiger partial charge on any atom is -0.497 e. The molecule has 37 heavy (non-hydrogen) atoms. The van der Waals surface area contributed by atoms with Gasteiger partial charge in [-0.05, 0) is 43.0 Å². The van der Waals surface area contributed by atoms with Gasteiger partial charge in [0.1, 0.15) is 10.6 Å². The Morgan fingerprint density at radius 2 is 1.89 bits per heavy atom. The molecule has 9 heteroatoms. The van der Waals surface area contributed by atoms with Crippen molar-refractivity contribution in [3.63, 3.8) is 0 Å². The number of benzene rings is 2. The van der Waals surface area contributed by atoms with Crippen molar-refractivity contribution in [2.45, 2.75) is 37.0 Å². The number of rotatable bonds is 7. The monoisotopic (exact) mass is 531 g/mol. The smallest absolute Gasteiger partial charge is 0.263 e. The van der Waals surface area contributed by atoms with Crippen LogP contribution in [0.1, 0.15) is 50.0 Å². The Bertz CT molecular complexity index is 1570. The Labute approximate surface area is 222 Å². The van der Waals surface area contributed by atoms with Gasteiger partial charge in [-0.25, -0.2) is 4.98 Å². The fraction of sp³-hybridized carbons (Fsp3) is 0.286. The van der Waals surface area contributed by atoms with Crippen LogP contribution in [-0.4, -0.2) is 45.5 Å². The highest BCUT2D eigenvalue weighted by atomic mass is 32.2. The number of aromatic nitrogens is 2. The van der Waals surface area contributed by atoms with E-state index in [1.54, 1.807) is 35.9 Å². The lowest BCUT2D eigenvalue weighted by Gasteiger charge is -2.27. The SMILES string of the molecule is COc1cccc(C(=O)N2CCc3c(sc4nc(SCC(=O)c5ccccc5)n(C5CC5)c(=O)c34)C2)c1. The molecule has 2 aromatic heterocycles. The molecule has 1 saturated carbocycles. The summed E-state index contributed by atoms with van der Waals surface area (Å²) >= 11 is 2.81. The molecule has 1 aliphatic carbocycles. The second-order valence-corrected chi connectivity index (χ2v) is 11.3. The summed E-state index contributed by atoms with van der Waals surface area (Å²) < 4.78 is 7.07. The van der Waals surface area contributed by atoms with Gasteiger partial charge in [0.25, 0.3) is 11.5 Å². The number of hydrogen-bond acceptors (Lipinski definition) is 7. The van der Waals surface area contributed by atoms with Gasteiger partial charge in [-0.3, -0.25) is 19.0 Å². The maximum atomic E-state index is 13.7. The zero-order valence-electron chi connectivity index (χ0n) is 20.3. The van der Waals surface area contributed by atoms with E-state index >= 15 is 0 Å². The Balaban J connectivity index is 1.30. The van der Waals surface area contributed by atoms with Crippen molar-refractivity contribution in [2.75, 3.05) is 19.4 Å². The predicted molar refractivity (Wildman–Crippen MR) is 145 cm³/mol. The number of hydrogen-bond donors (Lipinski definition) is 0. The largest absolute Gasteiger partial charge is 0.497 e. The summed E-state index contributed by atoms with van der Waals surface area (Å²) in [5, 5.41) is 1.28. The highest BCUT2D eigenvalue weighted by Crippen LogP contribution is 2.39. The molecule has 0 bridgehead atoms. The molecule has 0 saturated heterocycles. The summed E-state index contributed by atoms with van der Waals surface area (Å²) in [6, 6.07) is 16.5. The molecule has 1 amide bonds. The van der Waals surface area contributed by atoms with Crippen LogP contribution < -0.4 is 10.3 Å². The highest BCUT2D eigenvalue weighted by molar-refractivity contribution is 7.99. The number of carbonyl (C=O) groups excluding carboxylic acids is 2. The molecule has 0 spiro atoms. The number of nitrogens with zero attached hydrogens (tertiary/aromatic N) is 3. The normalized spacial score (nSPS) is 15.0. The fourth-order valence-electron chi connectivity index (χ4n) is 4.74. The minimum absolute atomic E-state index is 0.0134. The van der Waals surface area contributed by atoms with Crippen molar-refractivity contribution in [1.82, 2.24) is 14.5 Å². The average Bonchev–Trinajstić information content (AvgIpc) is 3.70. The summed E-state index contributed by atoms with van der Waals surface area (Å²) in [6.07, 6.45) is 2.51. The zero-order chi connectivity index (χ0) is 25.5. The molecule has 2 aliphatic rings. The summed E-state index contributed by atoms with van der Waals surface area (Å²) in [5.41, 5.74) is 2.23. The van der Waals surface area contributed by atoms with Crippen molar-refractivity contribution < 1.29 is 14.3 Å². The van der Waals surface area contributed by atoms with Crippen LogP contribution in [-0.2, 0) is 13.0 Å². The first-order valence-corrected chi connectivity index (χ1v) is 14.0. The Hall–Kier alpha value is -3.43. The number of fused-ring (bicyclic) bond motifs is 3. The van der Waals surface area contributed by atoms with E-state index < -0.39 is 0 Å². The Morgan fingerprint density at radius 3 is 2.65 bits per heavy atom. The van der Waals surface area contributed by atoms with Gasteiger partial charge in [0.05, 0.1) is 24.8 Å². The van der Waals surface area contributed by atoms with Gasteiger partial charge in [0, 0.05) is 28.6 Å². The maximum Gasteiger partial charge on any atom is 0.263 e. The summed E-state index contributed by atoms with van der Waals surface area (Å²) in [5.74, 6) is 0.828. The molecule has 7 nitrogen and oxygen atoms in total. The van der Waals surface area contributed by atoms with E-state index in [1.807, 2.05) is 35.2 Å². The molecule has 188 valence electrons. The third-order valence-electron chi connectivity index (χ3n) is 6.82. The van der Waals surface area contributed by atoms with Gasteiger partial charge < -0.3 is 9.64 Å². The van der Waals surface area contributed by atoms with Crippen molar-refractivity contribution in [3.05, 3.63) is 86.5 Å². The number of ketones is 1. The molecule has 0 unspecified atom stereocenters. The van der Waals surface area contributed by atoms with Gasteiger partial charge in [0.2, 0.25) is 0 Å². The van der Waals surface area contributed by atoms with E-state index in [2.05, 4.69) is 0 Å². The Kier molecular flexibility index (Phi) is 6.34. The molecular weight excluding hydrogens is 506 g/mol. The van der Waals surface area contributed by atoms with Crippen LogP contribution in [0.15, 0.2) is 64.5 Å². The highest BCUT2D eigenvalue weighted by Gasteiger charge is 2.32. The second kappa shape index (κ2) is 9.79. The second-order valence-electron chi connectivity index (χ2n) is 9.27. The van der Waals surface area contributed by atoms with Crippen molar-refractivity contribution in [1.29, 1.82) is 0 Å². The van der Waals surface area contributed by atoms with Crippen LogP contribution >= 0.6 is 23.1 Å². The van der Waals surface area contributed by atoms with Gasteiger partial charge in [-0.15, -0.1) is 11.3 Å². The number of carbonyl (C=O) groups is 2. The Morgan fingerprint density at radius 1 is 1.11 bits per heavy atom. The van der Waals surface area contributed by atoms with Gasteiger partial charge in [-0.2, -0.15) is 0 Å². The number of methoxy groups -OCH3 is 1. The summed E-state index contributed by atoms with van der Waals surface area (Å²) in [6.45, 7) is 0.990. The number of amides is 1. The molecule has 2 aromatic carbocycles. The van der Waals surface area contributed by atoms with E-state index in [0.29, 0.717) is 51.8 Å². The third-order valence-corrected chi connectivity index (χ3v) is 8.88. The standard InChI is InChI=1S/C28H25N3O4S2/c1-35-20-9-5-8-18(14-20)26(33)30-13-12-21-23(15-30)37-25-24(21)27(34)31(19-10-11-19)28(29-25)36-16-22(32)17-6-3-2-4-7-17/h2-9,14,19H,10-13,15-16H2,1H3. The molecule has 0 atom stereocenters. The molecule has 1 aliphatic heterocycles.